The molecule has 1 aliphatic rings. The van der Waals surface area contributed by atoms with Crippen molar-refractivity contribution in [1.82, 2.24) is 4.90 Å². The molecule has 110 valence electrons. The minimum absolute atomic E-state index is 0.0904. The van der Waals surface area contributed by atoms with Gasteiger partial charge in [-0.1, -0.05) is 0 Å². The lowest BCUT2D eigenvalue weighted by molar-refractivity contribution is 0.360. The highest BCUT2D eigenvalue weighted by Crippen LogP contribution is 2.41. The quantitative estimate of drug-likeness (QED) is 0.866. The second-order valence-corrected chi connectivity index (χ2v) is 7.96. The molecule has 0 aliphatic carbocycles. The van der Waals surface area contributed by atoms with E-state index in [1.165, 1.54) is 11.3 Å². The van der Waals surface area contributed by atoms with Gasteiger partial charge < -0.3 is 15.5 Å². The Kier molecular flexibility index (Phi) is 4.22. The normalized spacial score (nSPS) is 17.8. The first-order valence-electron chi connectivity index (χ1n) is 6.30. The highest BCUT2D eigenvalue weighted by molar-refractivity contribution is 7.91. The number of hydrogen-bond acceptors (Lipinski definition) is 7. The predicted molar refractivity (Wildman–Crippen MR) is 80.9 cm³/mol. The van der Waals surface area contributed by atoms with Crippen LogP contribution >= 0.6 is 11.3 Å². The Labute approximate surface area is 123 Å². The van der Waals surface area contributed by atoms with E-state index in [1.807, 2.05) is 18.0 Å². The molecule has 2 heterocycles. The lowest BCUT2D eigenvalue weighted by Crippen LogP contribution is -2.29. The largest absolute Gasteiger partial charge is 0.396 e. The van der Waals surface area contributed by atoms with Gasteiger partial charge in [0.2, 0.25) is 0 Å². The monoisotopic (exact) mass is 314 g/mol. The van der Waals surface area contributed by atoms with Crippen molar-refractivity contribution >= 4 is 31.9 Å². The van der Waals surface area contributed by atoms with Crippen molar-refractivity contribution in [2.45, 2.75) is 11.3 Å². The topological polar surface area (TPSA) is 90.4 Å². The van der Waals surface area contributed by atoms with Crippen LogP contribution in [0.25, 0.3) is 0 Å². The molecule has 0 bridgehead atoms. The van der Waals surface area contributed by atoms with Gasteiger partial charge in [0.15, 0.2) is 9.84 Å². The van der Waals surface area contributed by atoms with Crippen LogP contribution in [0.4, 0.5) is 10.7 Å². The number of nitrogen functional groups attached to an aromatic ring is 1. The van der Waals surface area contributed by atoms with Gasteiger partial charge in [-0.05, 0) is 20.0 Å². The van der Waals surface area contributed by atoms with E-state index < -0.39 is 9.84 Å². The number of sulfone groups is 1. The summed E-state index contributed by atoms with van der Waals surface area (Å²) in [5, 5.41) is 9.68. The molecule has 0 unspecified atom stereocenters. The van der Waals surface area contributed by atoms with E-state index in [9.17, 15) is 8.42 Å². The summed E-state index contributed by atoms with van der Waals surface area (Å²) in [6, 6.07) is 1.98. The minimum Gasteiger partial charge on any atom is -0.396 e. The van der Waals surface area contributed by atoms with Crippen LogP contribution in [0.1, 0.15) is 11.3 Å². The van der Waals surface area contributed by atoms with E-state index in [0.29, 0.717) is 5.00 Å². The summed E-state index contributed by atoms with van der Waals surface area (Å²) >= 11 is 1.17. The third-order valence-electron chi connectivity index (χ3n) is 3.36. The van der Waals surface area contributed by atoms with Gasteiger partial charge >= 0.3 is 0 Å². The van der Waals surface area contributed by atoms with Crippen molar-refractivity contribution in [1.29, 1.82) is 5.26 Å². The fraction of sp³-hybridized carbons (Fsp3) is 0.583. The molecule has 1 fully saturated rings. The Hall–Kier alpha value is -1.30. The maximum Gasteiger partial charge on any atom is 0.180 e. The summed E-state index contributed by atoms with van der Waals surface area (Å²) in [4.78, 5) is 4.63. The van der Waals surface area contributed by atoms with Crippen molar-refractivity contribution in [3.8, 4) is 6.07 Å². The number of hydrogen-bond donors (Lipinski definition) is 1. The summed E-state index contributed by atoms with van der Waals surface area (Å²) < 4.78 is 24.0. The van der Waals surface area contributed by atoms with E-state index in [2.05, 4.69) is 4.90 Å². The molecule has 0 spiro atoms. The van der Waals surface area contributed by atoms with E-state index in [4.69, 9.17) is 11.0 Å². The van der Waals surface area contributed by atoms with Crippen LogP contribution in [0.2, 0.25) is 0 Å². The SMILES string of the molecule is CN1CCCN(c2sc(C#N)c(N)c2S(C)(=O)=O)CC1. The first-order valence-corrected chi connectivity index (χ1v) is 9.01. The molecule has 2 rings (SSSR count). The Balaban J connectivity index is 2.48. The minimum atomic E-state index is -3.45. The van der Waals surface area contributed by atoms with Crippen LogP contribution in [-0.4, -0.2) is 52.8 Å². The van der Waals surface area contributed by atoms with Crippen molar-refractivity contribution in [2.24, 2.45) is 0 Å². The summed E-state index contributed by atoms with van der Waals surface area (Å²) in [5.74, 6) is 0. The van der Waals surface area contributed by atoms with Gasteiger partial charge in [-0.15, -0.1) is 11.3 Å². The molecule has 0 saturated carbocycles. The average molecular weight is 314 g/mol. The van der Waals surface area contributed by atoms with Crippen LogP contribution in [0.5, 0.6) is 0 Å². The Morgan fingerprint density at radius 1 is 1.30 bits per heavy atom. The van der Waals surface area contributed by atoms with E-state index in [1.54, 1.807) is 0 Å². The molecular formula is C12H18N4O2S2. The number of nitrogens with zero attached hydrogens (tertiary/aromatic N) is 3. The van der Waals surface area contributed by atoms with Gasteiger partial charge in [0.1, 0.15) is 20.8 Å². The molecular weight excluding hydrogens is 296 g/mol. The number of anilines is 2. The summed E-state index contributed by atoms with van der Waals surface area (Å²) in [5.41, 5.74) is 5.94. The van der Waals surface area contributed by atoms with Crippen molar-refractivity contribution in [3.05, 3.63) is 4.88 Å². The number of nitrogens with two attached hydrogens (primary N) is 1. The zero-order valence-electron chi connectivity index (χ0n) is 11.6. The van der Waals surface area contributed by atoms with Gasteiger partial charge in [0.05, 0.1) is 5.69 Å². The summed E-state index contributed by atoms with van der Waals surface area (Å²) in [6.45, 7) is 3.36. The highest BCUT2D eigenvalue weighted by atomic mass is 32.2. The number of thiophene rings is 1. The molecule has 6 nitrogen and oxygen atoms in total. The third-order valence-corrected chi connectivity index (χ3v) is 5.82. The van der Waals surface area contributed by atoms with E-state index in [0.717, 1.165) is 38.9 Å². The highest BCUT2D eigenvalue weighted by Gasteiger charge is 2.28. The predicted octanol–water partition coefficient (Wildman–Crippen LogP) is 0.747. The van der Waals surface area contributed by atoms with Crippen molar-refractivity contribution in [2.75, 3.05) is 50.1 Å². The number of nitriles is 1. The van der Waals surface area contributed by atoms with Gasteiger partial charge in [-0.3, -0.25) is 0 Å². The fourth-order valence-electron chi connectivity index (χ4n) is 2.32. The molecule has 0 radical (unpaired) electrons. The van der Waals surface area contributed by atoms with Crippen LogP contribution in [0, 0.1) is 11.3 Å². The zero-order valence-corrected chi connectivity index (χ0v) is 13.2. The molecule has 1 saturated heterocycles. The maximum atomic E-state index is 12.0. The number of likely N-dealkylation sites (N-methyl/N-ethyl adjacent to an activating group) is 1. The Morgan fingerprint density at radius 3 is 2.60 bits per heavy atom. The molecule has 20 heavy (non-hydrogen) atoms. The molecule has 0 atom stereocenters. The fourth-order valence-corrected chi connectivity index (χ4v) is 4.87. The van der Waals surface area contributed by atoms with Crippen molar-refractivity contribution < 1.29 is 8.42 Å². The van der Waals surface area contributed by atoms with Gasteiger partial charge in [-0.25, -0.2) is 8.42 Å². The van der Waals surface area contributed by atoms with Gasteiger partial charge in [0, 0.05) is 25.9 Å². The van der Waals surface area contributed by atoms with Crippen molar-refractivity contribution in [3.63, 3.8) is 0 Å². The maximum absolute atomic E-state index is 12.0. The second-order valence-electron chi connectivity index (χ2n) is 5.01. The van der Waals surface area contributed by atoms with Gasteiger partial charge in [-0.2, -0.15) is 5.26 Å². The van der Waals surface area contributed by atoms with Crippen LogP contribution < -0.4 is 10.6 Å². The first kappa shape index (κ1) is 15.1. The average Bonchev–Trinajstić information content (AvgIpc) is 2.54. The number of rotatable bonds is 2. The van der Waals surface area contributed by atoms with E-state index in [-0.39, 0.29) is 15.5 Å². The van der Waals surface area contributed by atoms with Crippen LogP contribution in [0.3, 0.4) is 0 Å². The molecule has 1 aliphatic heterocycles. The van der Waals surface area contributed by atoms with Gasteiger partial charge in [0.25, 0.3) is 0 Å². The second kappa shape index (κ2) is 5.60. The smallest absolute Gasteiger partial charge is 0.180 e. The molecule has 0 amide bonds. The Morgan fingerprint density at radius 2 is 2.00 bits per heavy atom. The summed E-state index contributed by atoms with van der Waals surface area (Å²) in [6.07, 6.45) is 2.10. The Bertz CT molecular complexity index is 645. The van der Waals surface area contributed by atoms with E-state index >= 15 is 0 Å². The lowest BCUT2D eigenvalue weighted by atomic mass is 10.3. The molecule has 1 aromatic heterocycles. The summed E-state index contributed by atoms with van der Waals surface area (Å²) in [7, 11) is -1.40. The zero-order chi connectivity index (χ0) is 14.9. The molecule has 2 N–H and O–H groups in total. The third kappa shape index (κ3) is 2.90. The first-order chi connectivity index (χ1) is 9.34. The van der Waals surface area contributed by atoms with Crippen LogP contribution in [-0.2, 0) is 9.84 Å². The molecule has 0 aromatic carbocycles. The standard InChI is InChI=1S/C12H18N4O2S2/c1-15-4-3-5-16(7-6-15)12-11(20(2,17)18)10(14)9(8-13)19-12/h3-7,14H2,1-2H3. The molecule has 8 heteroatoms. The lowest BCUT2D eigenvalue weighted by Gasteiger charge is -2.22. The molecule has 1 aromatic rings. The van der Waals surface area contributed by atoms with Crippen LogP contribution in [0.15, 0.2) is 4.90 Å².